The summed E-state index contributed by atoms with van der Waals surface area (Å²) in [5.41, 5.74) is 0.656. The third-order valence-corrected chi connectivity index (χ3v) is 2.25. The van der Waals surface area contributed by atoms with Gasteiger partial charge in [0.05, 0.1) is 0 Å². The Balaban J connectivity index is 2.26. The topological polar surface area (TPSA) is 37.8 Å². The largest absolute Gasteiger partial charge is 0.377 e. The van der Waals surface area contributed by atoms with E-state index in [-0.39, 0.29) is 0 Å². The average Bonchev–Trinajstić information content (AvgIpc) is 2.80. The highest BCUT2D eigenvalue weighted by Gasteiger charge is 2.23. The fourth-order valence-electron chi connectivity index (χ4n) is 0.895. The van der Waals surface area contributed by atoms with Gasteiger partial charge in [-0.05, 0) is 12.8 Å². The van der Waals surface area contributed by atoms with Crippen molar-refractivity contribution in [3.63, 3.8) is 0 Å². The summed E-state index contributed by atoms with van der Waals surface area (Å²) in [6.07, 6.45) is 3.69. The Labute approximate surface area is 80.1 Å². The predicted octanol–water partition coefficient (Wildman–Crippen LogP) is 2.36. The van der Waals surface area contributed by atoms with Crippen molar-refractivity contribution in [2.24, 2.45) is 0 Å². The van der Waals surface area contributed by atoms with Crippen LogP contribution in [0.15, 0.2) is 6.33 Å². The molecule has 0 bridgehead atoms. The van der Waals surface area contributed by atoms with Gasteiger partial charge in [-0.15, -0.1) is 0 Å². The summed E-state index contributed by atoms with van der Waals surface area (Å²) >= 11 is 11.6. The van der Waals surface area contributed by atoms with Gasteiger partial charge in [-0.1, -0.05) is 23.2 Å². The minimum Gasteiger partial charge on any atom is -0.377 e. The lowest BCUT2D eigenvalue weighted by Crippen LogP contribution is -2.03. The highest BCUT2D eigenvalue weighted by molar-refractivity contribution is 6.37. The Hall–Kier alpha value is -0.540. The zero-order valence-corrected chi connectivity index (χ0v) is 7.73. The molecule has 1 aromatic rings. The molecule has 1 aliphatic rings. The van der Waals surface area contributed by atoms with Crippen LogP contribution in [-0.2, 0) is 0 Å². The van der Waals surface area contributed by atoms with Crippen LogP contribution in [0.1, 0.15) is 12.8 Å². The molecule has 0 atom stereocenters. The summed E-state index contributed by atoms with van der Waals surface area (Å²) < 4.78 is 0. The van der Waals surface area contributed by atoms with Gasteiger partial charge in [-0.2, -0.15) is 0 Å². The van der Waals surface area contributed by atoms with Crippen molar-refractivity contribution in [3.8, 4) is 0 Å². The fraction of sp³-hybridized carbons (Fsp3) is 0.429. The number of nitrogens with zero attached hydrogens (tertiary/aromatic N) is 2. The zero-order chi connectivity index (χ0) is 8.55. The SMILES string of the molecule is Clc1ncnc(Cl)c1NC1CC1. The van der Waals surface area contributed by atoms with E-state index in [0.717, 1.165) is 0 Å². The Kier molecular flexibility index (Phi) is 2.07. The molecule has 0 saturated heterocycles. The summed E-state index contributed by atoms with van der Waals surface area (Å²) in [5, 5.41) is 3.94. The summed E-state index contributed by atoms with van der Waals surface area (Å²) in [5.74, 6) is 0. The van der Waals surface area contributed by atoms with E-state index in [4.69, 9.17) is 23.2 Å². The maximum Gasteiger partial charge on any atom is 0.157 e. The second-order valence-corrected chi connectivity index (χ2v) is 3.46. The molecule has 5 heteroatoms. The first-order valence-corrected chi connectivity index (χ1v) is 4.45. The Morgan fingerprint density at radius 2 is 1.83 bits per heavy atom. The Morgan fingerprint density at radius 3 is 2.33 bits per heavy atom. The summed E-state index contributed by atoms with van der Waals surface area (Å²) in [7, 11) is 0. The van der Waals surface area contributed by atoms with Crippen molar-refractivity contribution in [2.75, 3.05) is 5.32 Å². The summed E-state index contributed by atoms with van der Waals surface area (Å²) in [6, 6.07) is 0.506. The minimum atomic E-state index is 0.391. The second-order valence-electron chi connectivity index (χ2n) is 2.75. The molecule has 1 heterocycles. The molecule has 3 nitrogen and oxygen atoms in total. The van der Waals surface area contributed by atoms with E-state index in [1.165, 1.54) is 19.2 Å². The van der Waals surface area contributed by atoms with Crippen LogP contribution in [0, 0.1) is 0 Å². The van der Waals surface area contributed by atoms with Crippen LogP contribution < -0.4 is 5.32 Å². The minimum absolute atomic E-state index is 0.391. The van der Waals surface area contributed by atoms with Crippen LogP contribution in [0.3, 0.4) is 0 Å². The Morgan fingerprint density at radius 1 is 1.25 bits per heavy atom. The quantitative estimate of drug-likeness (QED) is 0.751. The number of hydrogen-bond acceptors (Lipinski definition) is 3. The predicted molar refractivity (Wildman–Crippen MR) is 48.7 cm³/mol. The van der Waals surface area contributed by atoms with Gasteiger partial charge < -0.3 is 5.32 Å². The summed E-state index contributed by atoms with van der Waals surface area (Å²) in [6.45, 7) is 0. The van der Waals surface area contributed by atoms with E-state index in [2.05, 4.69) is 15.3 Å². The van der Waals surface area contributed by atoms with Crippen molar-refractivity contribution in [3.05, 3.63) is 16.6 Å². The van der Waals surface area contributed by atoms with Crippen LogP contribution in [-0.4, -0.2) is 16.0 Å². The third kappa shape index (κ3) is 1.62. The van der Waals surface area contributed by atoms with E-state index in [0.29, 0.717) is 22.0 Å². The lowest BCUT2D eigenvalue weighted by molar-refractivity contribution is 1.10. The van der Waals surface area contributed by atoms with Crippen LogP contribution >= 0.6 is 23.2 Å². The molecular weight excluding hydrogens is 197 g/mol. The van der Waals surface area contributed by atoms with Crippen LogP contribution in [0.2, 0.25) is 10.3 Å². The molecular formula is C7H7Cl2N3. The van der Waals surface area contributed by atoms with Gasteiger partial charge >= 0.3 is 0 Å². The normalized spacial score (nSPS) is 16.2. The zero-order valence-electron chi connectivity index (χ0n) is 6.22. The van der Waals surface area contributed by atoms with Gasteiger partial charge in [0.1, 0.15) is 12.0 Å². The number of halogens is 2. The molecule has 0 aliphatic heterocycles. The molecule has 1 saturated carbocycles. The summed E-state index contributed by atoms with van der Waals surface area (Å²) in [4.78, 5) is 7.66. The van der Waals surface area contributed by atoms with Gasteiger partial charge in [0.25, 0.3) is 0 Å². The van der Waals surface area contributed by atoms with E-state index in [1.807, 2.05) is 0 Å². The third-order valence-electron chi connectivity index (χ3n) is 1.68. The highest BCUT2D eigenvalue weighted by Crippen LogP contribution is 2.31. The van der Waals surface area contributed by atoms with E-state index in [1.54, 1.807) is 0 Å². The molecule has 0 unspecified atom stereocenters. The van der Waals surface area contributed by atoms with Crippen molar-refractivity contribution < 1.29 is 0 Å². The van der Waals surface area contributed by atoms with Crippen molar-refractivity contribution in [2.45, 2.75) is 18.9 Å². The number of hydrogen-bond donors (Lipinski definition) is 1. The number of nitrogens with one attached hydrogen (secondary N) is 1. The number of rotatable bonds is 2. The molecule has 0 aromatic carbocycles. The highest BCUT2D eigenvalue weighted by atomic mass is 35.5. The van der Waals surface area contributed by atoms with Gasteiger partial charge in [-0.3, -0.25) is 0 Å². The monoisotopic (exact) mass is 203 g/mol. The molecule has 64 valence electrons. The molecule has 12 heavy (non-hydrogen) atoms. The maximum atomic E-state index is 5.80. The molecule has 0 radical (unpaired) electrons. The maximum absolute atomic E-state index is 5.80. The smallest absolute Gasteiger partial charge is 0.157 e. The molecule has 1 N–H and O–H groups in total. The van der Waals surface area contributed by atoms with Crippen LogP contribution in [0.25, 0.3) is 0 Å². The number of aromatic nitrogens is 2. The average molecular weight is 204 g/mol. The van der Waals surface area contributed by atoms with Crippen molar-refractivity contribution >= 4 is 28.9 Å². The first-order chi connectivity index (χ1) is 5.77. The van der Waals surface area contributed by atoms with E-state index in [9.17, 15) is 0 Å². The molecule has 1 aliphatic carbocycles. The molecule has 2 rings (SSSR count). The van der Waals surface area contributed by atoms with Crippen LogP contribution in [0.5, 0.6) is 0 Å². The molecule has 1 aromatic heterocycles. The van der Waals surface area contributed by atoms with Gasteiger partial charge in [0.2, 0.25) is 0 Å². The molecule has 0 amide bonds. The van der Waals surface area contributed by atoms with Gasteiger partial charge in [0.15, 0.2) is 10.3 Å². The first-order valence-electron chi connectivity index (χ1n) is 3.70. The molecule has 0 spiro atoms. The Bertz CT molecular complexity index is 278. The van der Waals surface area contributed by atoms with Crippen molar-refractivity contribution in [1.29, 1.82) is 0 Å². The first kappa shape index (κ1) is 8.08. The van der Waals surface area contributed by atoms with E-state index < -0.39 is 0 Å². The van der Waals surface area contributed by atoms with Gasteiger partial charge in [-0.25, -0.2) is 9.97 Å². The number of anilines is 1. The molecule has 1 fully saturated rings. The lowest BCUT2D eigenvalue weighted by Gasteiger charge is -2.06. The van der Waals surface area contributed by atoms with Crippen LogP contribution in [0.4, 0.5) is 5.69 Å². The lowest BCUT2D eigenvalue weighted by atomic mass is 10.5. The van der Waals surface area contributed by atoms with Crippen molar-refractivity contribution in [1.82, 2.24) is 9.97 Å². The van der Waals surface area contributed by atoms with Gasteiger partial charge in [0, 0.05) is 6.04 Å². The standard InChI is InChI=1S/C7H7Cl2N3/c8-6-5(12-4-1-2-4)7(9)11-3-10-6/h3-4,12H,1-2H2. The van der Waals surface area contributed by atoms with E-state index >= 15 is 0 Å². The fourth-order valence-corrected chi connectivity index (χ4v) is 1.32. The second kappa shape index (κ2) is 3.07.